The fourth-order valence-electron chi connectivity index (χ4n) is 4.44. The van der Waals surface area contributed by atoms with Crippen molar-refractivity contribution >= 4 is 18.0 Å². The highest BCUT2D eigenvalue weighted by molar-refractivity contribution is 5.97. The van der Waals surface area contributed by atoms with Crippen molar-refractivity contribution in [1.29, 1.82) is 0 Å². The summed E-state index contributed by atoms with van der Waals surface area (Å²) >= 11 is 0. The molecule has 0 spiro atoms. The third-order valence-electron chi connectivity index (χ3n) is 6.43. The highest BCUT2D eigenvalue weighted by atomic mass is 16.5. The second-order valence-corrected chi connectivity index (χ2v) is 8.67. The van der Waals surface area contributed by atoms with E-state index in [4.69, 9.17) is 4.74 Å². The molecule has 1 heterocycles. The minimum Gasteiger partial charge on any atom is -0.480 e. The maximum atomic E-state index is 12.5. The molecule has 2 amide bonds. The van der Waals surface area contributed by atoms with Gasteiger partial charge in [0.1, 0.15) is 17.8 Å². The van der Waals surface area contributed by atoms with E-state index in [9.17, 15) is 19.5 Å². The Morgan fingerprint density at radius 2 is 1.71 bits per heavy atom. The lowest BCUT2D eigenvalue weighted by Gasteiger charge is -2.14. The Hall–Kier alpha value is -4.14. The lowest BCUT2D eigenvalue weighted by Crippen LogP contribution is -2.43. The Labute approximate surface area is 195 Å². The van der Waals surface area contributed by atoms with E-state index in [0.717, 1.165) is 22.3 Å². The Kier molecular flexibility index (Phi) is 5.31. The van der Waals surface area contributed by atoms with Crippen LogP contribution in [-0.2, 0) is 23.1 Å². The fraction of sp³-hybridized carbons (Fsp3) is 0.280. The number of hydrogen-bond acceptors (Lipinski definition) is 5. The minimum absolute atomic E-state index is 0.0349. The van der Waals surface area contributed by atoms with Crippen LogP contribution in [0.3, 0.4) is 0 Å². The van der Waals surface area contributed by atoms with E-state index < -0.39 is 23.5 Å². The van der Waals surface area contributed by atoms with E-state index >= 15 is 0 Å². The summed E-state index contributed by atoms with van der Waals surface area (Å²) in [7, 11) is 1.59. The summed E-state index contributed by atoms with van der Waals surface area (Å²) < 4.78 is 6.88. The summed E-state index contributed by atoms with van der Waals surface area (Å²) in [5.74, 6) is -1.59. The Balaban J connectivity index is 1.18. The number of carboxylic acids is 1. The number of carbonyl (C=O) groups is 3. The Bertz CT molecular complexity index is 1250. The molecule has 0 bridgehead atoms. The average molecular weight is 460 g/mol. The molecule has 5 rings (SSSR count). The number of aryl methyl sites for hydroxylation is 1. The van der Waals surface area contributed by atoms with Gasteiger partial charge in [-0.1, -0.05) is 48.5 Å². The molecule has 3 aromatic rings. The minimum atomic E-state index is -1.18. The van der Waals surface area contributed by atoms with Crippen molar-refractivity contribution in [3.8, 4) is 11.1 Å². The molecule has 0 aliphatic heterocycles. The fourth-order valence-corrected chi connectivity index (χ4v) is 4.44. The Morgan fingerprint density at radius 1 is 1.09 bits per heavy atom. The van der Waals surface area contributed by atoms with Crippen molar-refractivity contribution in [2.24, 2.45) is 7.05 Å². The lowest BCUT2D eigenvalue weighted by atomic mass is 9.98. The normalized spacial score (nSPS) is 15.2. The second kappa shape index (κ2) is 8.33. The number of alkyl carbamates (subject to hydrolysis) is 1. The van der Waals surface area contributed by atoms with Gasteiger partial charge in [0.2, 0.25) is 0 Å². The van der Waals surface area contributed by atoms with Crippen LogP contribution in [0.15, 0.2) is 54.6 Å². The molecule has 2 aliphatic carbocycles. The molecule has 3 N–H and O–H groups in total. The van der Waals surface area contributed by atoms with Gasteiger partial charge in [0.05, 0.1) is 12.2 Å². The van der Waals surface area contributed by atoms with Crippen LogP contribution < -0.4 is 10.6 Å². The monoisotopic (exact) mass is 460 g/mol. The predicted octanol–water partition coefficient (Wildman–Crippen LogP) is 2.81. The van der Waals surface area contributed by atoms with Gasteiger partial charge in [0.25, 0.3) is 5.91 Å². The number of aromatic nitrogens is 2. The van der Waals surface area contributed by atoms with Crippen molar-refractivity contribution in [2.75, 3.05) is 6.61 Å². The van der Waals surface area contributed by atoms with E-state index in [1.807, 2.05) is 24.3 Å². The molecule has 2 aliphatic rings. The van der Waals surface area contributed by atoms with Gasteiger partial charge in [0, 0.05) is 13.0 Å². The number of ether oxygens (including phenoxy) is 1. The summed E-state index contributed by atoms with van der Waals surface area (Å²) in [4.78, 5) is 36.2. The molecule has 0 saturated heterocycles. The van der Waals surface area contributed by atoms with Crippen LogP contribution in [-0.4, -0.2) is 45.0 Å². The summed E-state index contributed by atoms with van der Waals surface area (Å²) in [5, 5.41) is 18.7. The zero-order valence-electron chi connectivity index (χ0n) is 18.6. The predicted molar refractivity (Wildman–Crippen MR) is 122 cm³/mol. The lowest BCUT2D eigenvalue weighted by molar-refractivity contribution is -0.140. The number of nitrogens with one attached hydrogen (secondary N) is 2. The van der Waals surface area contributed by atoms with Crippen LogP contribution in [0.5, 0.6) is 0 Å². The van der Waals surface area contributed by atoms with Crippen molar-refractivity contribution in [3.63, 3.8) is 0 Å². The van der Waals surface area contributed by atoms with Gasteiger partial charge in [-0.3, -0.25) is 9.48 Å². The van der Waals surface area contributed by atoms with E-state index in [-0.39, 0.29) is 24.8 Å². The van der Waals surface area contributed by atoms with E-state index in [1.54, 1.807) is 7.05 Å². The van der Waals surface area contributed by atoms with Gasteiger partial charge in [-0.25, -0.2) is 9.59 Å². The largest absolute Gasteiger partial charge is 0.480 e. The van der Waals surface area contributed by atoms with Crippen LogP contribution in [0.25, 0.3) is 11.1 Å². The number of aliphatic carboxylic acids is 1. The Morgan fingerprint density at radius 3 is 2.29 bits per heavy atom. The first-order valence-corrected chi connectivity index (χ1v) is 11.1. The number of rotatable bonds is 7. The number of carboxylic acid groups (broad SMARTS) is 1. The molecule has 0 radical (unpaired) electrons. The molecule has 2 aromatic carbocycles. The summed E-state index contributed by atoms with van der Waals surface area (Å²) in [6.45, 7) is 0.273. The van der Waals surface area contributed by atoms with Gasteiger partial charge in [-0.05, 0) is 41.2 Å². The van der Waals surface area contributed by atoms with Gasteiger partial charge < -0.3 is 20.5 Å². The summed E-state index contributed by atoms with van der Waals surface area (Å²) in [6.07, 6.45) is 0.228. The number of hydrogen-bond donors (Lipinski definition) is 3. The third kappa shape index (κ3) is 3.89. The molecule has 34 heavy (non-hydrogen) atoms. The van der Waals surface area contributed by atoms with Crippen molar-refractivity contribution in [2.45, 2.75) is 30.8 Å². The molecular weight excluding hydrogens is 436 g/mol. The zero-order chi connectivity index (χ0) is 23.9. The molecule has 1 saturated carbocycles. The second-order valence-electron chi connectivity index (χ2n) is 8.67. The first kappa shape index (κ1) is 21.7. The van der Waals surface area contributed by atoms with Gasteiger partial charge >= 0.3 is 12.1 Å². The molecule has 9 heteroatoms. The molecule has 0 unspecified atom stereocenters. The standard InChI is InChI=1S/C25H24N4O5/c1-29-21(22(30)27-25(10-11-25)23(31)32)12-15(28-29)13-26-24(33)34-14-20-18-8-4-2-6-16(18)17-7-3-5-9-19(17)20/h2-9,12,20H,10-11,13-14H2,1H3,(H,26,33)(H,27,30)(H,31,32). The van der Waals surface area contributed by atoms with Crippen molar-refractivity contribution in [1.82, 2.24) is 20.4 Å². The van der Waals surface area contributed by atoms with Gasteiger partial charge in [-0.15, -0.1) is 0 Å². The quantitative estimate of drug-likeness (QED) is 0.498. The average Bonchev–Trinajstić information content (AvgIpc) is 3.42. The van der Waals surface area contributed by atoms with Gasteiger partial charge in [0.15, 0.2) is 0 Å². The third-order valence-corrected chi connectivity index (χ3v) is 6.43. The highest BCUT2D eigenvalue weighted by Gasteiger charge is 2.52. The van der Waals surface area contributed by atoms with Gasteiger partial charge in [-0.2, -0.15) is 5.10 Å². The number of carbonyl (C=O) groups excluding carboxylic acids is 2. The van der Waals surface area contributed by atoms with Crippen LogP contribution >= 0.6 is 0 Å². The van der Waals surface area contributed by atoms with Crippen molar-refractivity contribution < 1.29 is 24.2 Å². The van der Waals surface area contributed by atoms with Crippen LogP contribution in [0.4, 0.5) is 4.79 Å². The number of benzene rings is 2. The molecule has 174 valence electrons. The first-order valence-electron chi connectivity index (χ1n) is 11.1. The summed E-state index contributed by atoms with van der Waals surface area (Å²) in [5.41, 5.74) is 4.07. The first-order chi connectivity index (χ1) is 16.4. The SMILES string of the molecule is Cn1nc(CNC(=O)OCC2c3ccccc3-c3ccccc32)cc1C(=O)NC1(C(=O)O)CC1. The molecular formula is C25H24N4O5. The van der Waals surface area contributed by atoms with Crippen LogP contribution in [0, 0.1) is 0 Å². The topological polar surface area (TPSA) is 123 Å². The summed E-state index contributed by atoms with van der Waals surface area (Å²) in [6, 6.07) is 17.7. The maximum Gasteiger partial charge on any atom is 0.407 e. The smallest absolute Gasteiger partial charge is 0.407 e. The van der Waals surface area contributed by atoms with E-state index in [2.05, 4.69) is 40.0 Å². The molecule has 1 fully saturated rings. The number of nitrogens with zero attached hydrogens (tertiary/aromatic N) is 2. The number of amides is 2. The highest BCUT2D eigenvalue weighted by Crippen LogP contribution is 2.44. The molecule has 1 aromatic heterocycles. The van der Waals surface area contributed by atoms with Crippen molar-refractivity contribution in [3.05, 3.63) is 77.1 Å². The van der Waals surface area contributed by atoms with E-state index in [0.29, 0.717) is 18.5 Å². The maximum absolute atomic E-state index is 12.5. The van der Waals surface area contributed by atoms with Crippen LogP contribution in [0.2, 0.25) is 0 Å². The zero-order valence-corrected chi connectivity index (χ0v) is 18.6. The molecule has 9 nitrogen and oxygen atoms in total. The van der Waals surface area contributed by atoms with E-state index in [1.165, 1.54) is 10.7 Å². The van der Waals surface area contributed by atoms with Crippen LogP contribution in [0.1, 0.15) is 46.1 Å². The number of fused-ring (bicyclic) bond motifs is 3. The molecule has 0 atom stereocenters.